The Morgan fingerprint density at radius 1 is 0.865 bits per heavy atom. The van der Waals surface area contributed by atoms with E-state index in [9.17, 15) is 24.3 Å². The molecule has 0 saturated heterocycles. The molecule has 0 heterocycles. The molecular weight excluding hydrogens is 486 g/mol. The number of ether oxygens (including phenoxy) is 5. The summed E-state index contributed by atoms with van der Waals surface area (Å²) in [6, 6.07) is 2.83. The molecule has 3 atom stereocenters. The summed E-state index contributed by atoms with van der Waals surface area (Å²) in [5.74, 6) is -3.44. The maximum Gasteiger partial charge on any atom is 0.513 e. The van der Waals surface area contributed by atoms with Crippen molar-refractivity contribution in [3.63, 3.8) is 0 Å². The Labute approximate surface area is 217 Å². The molecule has 0 fully saturated rings. The maximum atomic E-state index is 12.3. The molecule has 0 radical (unpaired) electrons. The summed E-state index contributed by atoms with van der Waals surface area (Å²) in [4.78, 5) is 47.5. The monoisotopic (exact) mass is 525 g/mol. The van der Waals surface area contributed by atoms with Gasteiger partial charge in [0.25, 0.3) is 0 Å². The predicted molar refractivity (Wildman–Crippen MR) is 134 cm³/mol. The maximum absolute atomic E-state index is 12.3. The second-order valence-corrected chi connectivity index (χ2v) is 8.69. The highest BCUT2D eigenvalue weighted by molar-refractivity contribution is 5.75. The average molecular weight is 526 g/mol. The normalized spacial score (nSPS) is 13.1. The molecule has 0 bridgehead atoms. The van der Waals surface area contributed by atoms with E-state index in [2.05, 4.69) is 0 Å². The lowest BCUT2D eigenvalue weighted by atomic mass is 9.82. The number of hydrogen-bond donors (Lipinski definition) is 2. The summed E-state index contributed by atoms with van der Waals surface area (Å²) in [6.45, 7) is 7.18. The van der Waals surface area contributed by atoms with Gasteiger partial charge in [-0.15, -0.1) is 0 Å². The van der Waals surface area contributed by atoms with Crippen molar-refractivity contribution >= 4 is 24.2 Å². The highest BCUT2D eigenvalue weighted by atomic mass is 16.7. The Morgan fingerprint density at radius 3 is 1.89 bits per heavy atom. The summed E-state index contributed by atoms with van der Waals surface area (Å²) in [7, 11) is 0. The van der Waals surface area contributed by atoms with Crippen molar-refractivity contribution < 1.29 is 48.0 Å². The van der Waals surface area contributed by atoms with Gasteiger partial charge in [-0.2, -0.15) is 0 Å². The molecule has 1 aromatic carbocycles. The molecule has 3 N–H and O–H groups in total. The zero-order valence-electron chi connectivity index (χ0n) is 22.0. The number of benzene rings is 1. The van der Waals surface area contributed by atoms with Gasteiger partial charge >= 0.3 is 24.2 Å². The van der Waals surface area contributed by atoms with Crippen molar-refractivity contribution in [2.75, 3.05) is 19.8 Å². The lowest BCUT2D eigenvalue weighted by molar-refractivity contribution is -0.142. The van der Waals surface area contributed by atoms with E-state index in [4.69, 9.17) is 29.4 Å². The van der Waals surface area contributed by atoms with Crippen LogP contribution in [0, 0.1) is 5.92 Å². The van der Waals surface area contributed by atoms with Gasteiger partial charge in [0.15, 0.2) is 11.5 Å². The molecule has 0 aliphatic rings. The molecule has 2 unspecified atom stereocenters. The quantitative estimate of drug-likeness (QED) is 0.132. The number of aliphatic carboxylic acids is 1. The van der Waals surface area contributed by atoms with Crippen LogP contribution in [-0.2, 0) is 23.8 Å². The number of nitrogens with two attached hydrogens (primary N) is 1. The molecule has 0 aliphatic carbocycles. The highest BCUT2D eigenvalue weighted by Crippen LogP contribution is 2.36. The molecule has 1 rings (SSSR count). The van der Waals surface area contributed by atoms with Crippen molar-refractivity contribution in [2.45, 2.75) is 78.2 Å². The van der Waals surface area contributed by atoms with Crippen LogP contribution in [-0.4, -0.2) is 55.2 Å². The SMILES string of the molecule is CCCCCOC(=O)Oc1ccc(C(C(C)COC(C)=O)[C@H](N)C(=O)O)cc1OC(=O)OCCCCC. The second-order valence-electron chi connectivity index (χ2n) is 8.69. The van der Waals surface area contributed by atoms with Gasteiger partial charge in [0, 0.05) is 12.8 Å². The summed E-state index contributed by atoms with van der Waals surface area (Å²) in [5, 5.41) is 9.57. The molecule has 0 amide bonds. The lowest BCUT2D eigenvalue weighted by Gasteiger charge is -2.27. The summed E-state index contributed by atoms with van der Waals surface area (Å²) in [5.41, 5.74) is 6.33. The number of carboxylic acids is 1. The minimum Gasteiger partial charge on any atom is -0.480 e. The largest absolute Gasteiger partial charge is 0.513 e. The number of carboxylic acid groups (broad SMARTS) is 1. The molecule has 1 aromatic rings. The Morgan fingerprint density at radius 2 is 1.41 bits per heavy atom. The van der Waals surface area contributed by atoms with Crippen LogP contribution in [0.2, 0.25) is 0 Å². The second kappa shape index (κ2) is 17.2. The number of rotatable bonds is 16. The van der Waals surface area contributed by atoms with Crippen LogP contribution >= 0.6 is 0 Å². The van der Waals surface area contributed by atoms with E-state index in [0.717, 1.165) is 25.7 Å². The first-order valence-corrected chi connectivity index (χ1v) is 12.6. The molecular formula is C26H39NO10. The predicted octanol–water partition coefficient (Wildman–Crippen LogP) is 4.79. The fourth-order valence-corrected chi connectivity index (χ4v) is 3.55. The third-order valence-electron chi connectivity index (χ3n) is 5.51. The van der Waals surface area contributed by atoms with Crippen LogP contribution in [0.4, 0.5) is 9.59 Å². The van der Waals surface area contributed by atoms with Crippen LogP contribution in [0.5, 0.6) is 11.5 Å². The third kappa shape index (κ3) is 12.0. The van der Waals surface area contributed by atoms with Crippen molar-refractivity contribution in [3.8, 4) is 11.5 Å². The van der Waals surface area contributed by atoms with Crippen LogP contribution < -0.4 is 15.2 Å². The molecule has 37 heavy (non-hydrogen) atoms. The smallest absolute Gasteiger partial charge is 0.480 e. The molecule has 0 aliphatic heterocycles. The number of carbonyl (C=O) groups is 4. The van der Waals surface area contributed by atoms with Crippen LogP contribution in [0.15, 0.2) is 18.2 Å². The number of hydrogen-bond acceptors (Lipinski definition) is 10. The van der Waals surface area contributed by atoms with Crippen LogP contribution in [0.25, 0.3) is 0 Å². The lowest BCUT2D eigenvalue weighted by Crippen LogP contribution is -2.40. The van der Waals surface area contributed by atoms with Gasteiger partial charge in [-0.05, 0) is 36.5 Å². The van der Waals surface area contributed by atoms with E-state index in [1.165, 1.54) is 25.1 Å². The Bertz CT molecular complexity index is 888. The van der Waals surface area contributed by atoms with E-state index in [1.807, 2.05) is 13.8 Å². The van der Waals surface area contributed by atoms with Gasteiger partial charge in [0.1, 0.15) is 6.04 Å². The topological polar surface area (TPSA) is 161 Å². The van der Waals surface area contributed by atoms with E-state index < -0.39 is 42.1 Å². The standard InChI is InChI=1S/C26H39NO10/c1-5-7-9-13-33-25(31)36-20-12-11-19(15-21(20)37-26(32)34-14-10-8-6-2)22(23(27)24(29)30)17(3)16-35-18(4)28/h11-12,15,17,22-23H,5-10,13-14,16,27H2,1-4H3,(H,29,30)/t17?,22?,23-/m0/s1. The first kappa shape index (κ1) is 31.7. The van der Waals surface area contributed by atoms with Gasteiger partial charge in [0.05, 0.1) is 19.8 Å². The summed E-state index contributed by atoms with van der Waals surface area (Å²) in [6.07, 6.45) is 2.99. The molecule has 0 spiro atoms. The Hall–Kier alpha value is -3.34. The fraction of sp³-hybridized carbons (Fsp3) is 0.615. The van der Waals surface area contributed by atoms with E-state index in [-0.39, 0.29) is 31.3 Å². The summed E-state index contributed by atoms with van der Waals surface area (Å²) >= 11 is 0. The third-order valence-corrected chi connectivity index (χ3v) is 5.51. The van der Waals surface area contributed by atoms with Crippen molar-refractivity contribution in [1.82, 2.24) is 0 Å². The van der Waals surface area contributed by atoms with Gasteiger partial charge in [0.2, 0.25) is 0 Å². The van der Waals surface area contributed by atoms with Crippen LogP contribution in [0.1, 0.15) is 77.7 Å². The molecule has 11 heteroatoms. The first-order chi connectivity index (χ1) is 17.6. The summed E-state index contributed by atoms with van der Waals surface area (Å²) < 4.78 is 25.7. The highest BCUT2D eigenvalue weighted by Gasteiger charge is 2.32. The van der Waals surface area contributed by atoms with Crippen LogP contribution in [0.3, 0.4) is 0 Å². The molecule has 0 aromatic heterocycles. The van der Waals surface area contributed by atoms with Gasteiger partial charge < -0.3 is 34.5 Å². The first-order valence-electron chi connectivity index (χ1n) is 12.6. The molecule has 0 saturated carbocycles. The zero-order valence-corrected chi connectivity index (χ0v) is 22.0. The molecule has 208 valence electrons. The van der Waals surface area contributed by atoms with Crippen molar-refractivity contribution in [2.24, 2.45) is 11.7 Å². The minimum atomic E-state index is -1.37. The van der Waals surface area contributed by atoms with E-state index >= 15 is 0 Å². The number of carbonyl (C=O) groups excluding carboxylic acids is 3. The van der Waals surface area contributed by atoms with Crippen molar-refractivity contribution in [1.29, 1.82) is 0 Å². The van der Waals surface area contributed by atoms with E-state index in [1.54, 1.807) is 6.92 Å². The zero-order chi connectivity index (χ0) is 27.8. The Balaban J connectivity index is 3.23. The minimum absolute atomic E-state index is 0.0843. The molecule has 11 nitrogen and oxygen atoms in total. The Kier molecular flexibility index (Phi) is 14.7. The van der Waals surface area contributed by atoms with Gasteiger partial charge in [-0.25, -0.2) is 9.59 Å². The van der Waals surface area contributed by atoms with E-state index in [0.29, 0.717) is 18.4 Å². The van der Waals surface area contributed by atoms with Crippen molar-refractivity contribution in [3.05, 3.63) is 23.8 Å². The van der Waals surface area contributed by atoms with Gasteiger partial charge in [-0.1, -0.05) is 52.5 Å². The number of esters is 1. The average Bonchev–Trinajstić information content (AvgIpc) is 2.84. The number of unbranched alkanes of at least 4 members (excludes halogenated alkanes) is 4. The fourth-order valence-electron chi connectivity index (χ4n) is 3.55. The van der Waals surface area contributed by atoms with Gasteiger partial charge in [-0.3, -0.25) is 9.59 Å².